The van der Waals surface area contributed by atoms with Crippen LogP contribution >= 0.6 is 0 Å². The summed E-state index contributed by atoms with van der Waals surface area (Å²) in [6.07, 6.45) is 10.3. The first-order valence-electron chi connectivity index (χ1n) is 14.9. The van der Waals surface area contributed by atoms with Gasteiger partial charge in [-0.3, -0.25) is 14.5 Å². The van der Waals surface area contributed by atoms with Gasteiger partial charge < -0.3 is 19.9 Å². The number of hydrogen-bond acceptors (Lipinski definition) is 8. The van der Waals surface area contributed by atoms with Crippen molar-refractivity contribution in [2.75, 3.05) is 29.9 Å². The lowest BCUT2D eigenvalue weighted by Gasteiger charge is -2.37. The summed E-state index contributed by atoms with van der Waals surface area (Å²) in [5.74, 6) is 0.866. The van der Waals surface area contributed by atoms with E-state index in [1.54, 1.807) is 17.8 Å². The summed E-state index contributed by atoms with van der Waals surface area (Å²) in [7, 11) is 1.83. The van der Waals surface area contributed by atoms with Crippen LogP contribution in [0.25, 0.3) is 22.4 Å². The SMILES string of the molecule is CC(=O)N1C[C@H](c2nc(Nc3cc(F)cc(-c4cnn(C)c4)c3)cc(-c3cncc(N4C[C@@H]5C[C@H]4CO5)c3)n2)CC[C@@H]1C. The number of ether oxygens (including phenoxy) is 1. The quantitative estimate of drug-likeness (QED) is 0.342. The molecule has 4 atom stereocenters. The Bertz CT molecular complexity index is 1670. The van der Waals surface area contributed by atoms with Crippen LogP contribution in [0.3, 0.4) is 0 Å². The van der Waals surface area contributed by atoms with Gasteiger partial charge in [0.15, 0.2) is 0 Å². The normalized spacial score (nSPS) is 23.2. The topological polar surface area (TPSA) is 101 Å². The highest BCUT2D eigenvalue weighted by atomic mass is 19.1. The maximum atomic E-state index is 14.8. The second-order valence-electron chi connectivity index (χ2n) is 12.0. The van der Waals surface area contributed by atoms with Crippen LogP contribution in [0.1, 0.15) is 44.9 Å². The first-order valence-corrected chi connectivity index (χ1v) is 14.9. The molecule has 11 heteroatoms. The van der Waals surface area contributed by atoms with E-state index in [2.05, 4.69) is 33.3 Å². The third-order valence-electron chi connectivity index (χ3n) is 8.86. The van der Waals surface area contributed by atoms with Gasteiger partial charge in [-0.2, -0.15) is 5.10 Å². The fourth-order valence-corrected chi connectivity index (χ4v) is 6.60. The van der Waals surface area contributed by atoms with Gasteiger partial charge in [-0.15, -0.1) is 0 Å². The number of amides is 1. The minimum absolute atomic E-state index is 0.0262. The van der Waals surface area contributed by atoms with Crippen LogP contribution in [-0.2, 0) is 16.6 Å². The van der Waals surface area contributed by atoms with Gasteiger partial charge in [0.2, 0.25) is 5.91 Å². The summed E-state index contributed by atoms with van der Waals surface area (Å²) in [4.78, 5) is 31.2. The summed E-state index contributed by atoms with van der Waals surface area (Å²) in [6.45, 7) is 5.85. The maximum Gasteiger partial charge on any atom is 0.219 e. The molecule has 1 aromatic carbocycles. The first kappa shape index (κ1) is 27.5. The van der Waals surface area contributed by atoms with Crippen molar-refractivity contribution >= 4 is 23.1 Å². The van der Waals surface area contributed by atoms with Crippen LogP contribution in [0.4, 0.5) is 21.6 Å². The van der Waals surface area contributed by atoms with E-state index < -0.39 is 0 Å². The van der Waals surface area contributed by atoms with Crippen LogP contribution in [0.15, 0.2) is 55.1 Å². The lowest BCUT2D eigenvalue weighted by atomic mass is 9.92. The summed E-state index contributed by atoms with van der Waals surface area (Å²) in [5.41, 5.74) is 4.73. The number of halogens is 1. The Morgan fingerprint density at radius 2 is 1.91 bits per heavy atom. The fraction of sp³-hybridized carbons (Fsp3) is 0.406. The number of nitrogens with one attached hydrogen (secondary N) is 1. The van der Waals surface area contributed by atoms with Gasteiger partial charge in [0.25, 0.3) is 0 Å². The Morgan fingerprint density at radius 1 is 1.02 bits per heavy atom. The van der Waals surface area contributed by atoms with E-state index in [1.165, 1.54) is 12.1 Å². The molecule has 3 aromatic heterocycles. The number of likely N-dealkylation sites (tertiary alicyclic amines) is 1. The highest BCUT2D eigenvalue weighted by molar-refractivity contribution is 5.74. The molecule has 43 heavy (non-hydrogen) atoms. The number of aromatic nitrogens is 5. The molecule has 3 saturated heterocycles. The number of benzene rings is 1. The van der Waals surface area contributed by atoms with E-state index in [1.807, 2.05) is 42.7 Å². The van der Waals surface area contributed by atoms with Gasteiger partial charge in [0, 0.05) is 74.3 Å². The zero-order chi connectivity index (χ0) is 29.7. The van der Waals surface area contributed by atoms with Crippen LogP contribution < -0.4 is 10.2 Å². The second kappa shape index (κ2) is 11.0. The van der Waals surface area contributed by atoms with Crippen molar-refractivity contribution in [3.63, 3.8) is 0 Å². The molecular weight excluding hydrogens is 547 g/mol. The molecule has 0 radical (unpaired) electrons. The van der Waals surface area contributed by atoms with Crippen molar-refractivity contribution in [3.05, 3.63) is 66.8 Å². The zero-order valence-electron chi connectivity index (χ0n) is 24.6. The number of morpholine rings is 1. The number of aryl methyl sites for hydroxylation is 1. The highest BCUT2D eigenvalue weighted by Gasteiger charge is 2.39. The van der Waals surface area contributed by atoms with E-state index in [9.17, 15) is 9.18 Å². The third kappa shape index (κ3) is 5.56. The van der Waals surface area contributed by atoms with Gasteiger partial charge in [0.05, 0.1) is 42.5 Å². The summed E-state index contributed by atoms with van der Waals surface area (Å²) >= 11 is 0. The average Bonchev–Trinajstić information content (AvgIpc) is 3.75. The third-order valence-corrected chi connectivity index (χ3v) is 8.86. The van der Waals surface area contributed by atoms with Crippen molar-refractivity contribution in [1.82, 2.24) is 29.6 Å². The van der Waals surface area contributed by atoms with Gasteiger partial charge in [0.1, 0.15) is 17.5 Å². The molecule has 0 spiro atoms. The molecule has 222 valence electrons. The molecule has 3 aliphatic heterocycles. The molecule has 0 saturated carbocycles. The molecular formula is C32H35FN8O2. The van der Waals surface area contributed by atoms with Gasteiger partial charge in [-0.25, -0.2) is 14.4 Å². The number of rotatable bonds is 6. The Morgan fingerprint density at radius 3 is 2.65 bits per heavy atom. The number of anilines is 3. The Hall–Kier alpha value is -4.38. The molecule has 4 aromatic rings. The van der Waals surface area contributed by atoms with Gasteiger partial charge in [-0.1, -0.05) is 0 Å². The number of fused-ring (bicyclic) bond motifs is 2. The number of pyridine rings is 1. The number of piperidine rings is 1. The van der Waals surface area contributed by atoms with E-state index in [0.717, 1.165) is 54.9 Å². The Kier molecular flexibility index (Phi) is 7.04. The molecule has 1 N–H and O–H groups in total. The van der Waals surface area contributed by atoms with Gasteiger partial charge >= 0.3 is 0 Å². The largest absolute Gasteiger partial charge is 0.374 e. The van der Waals surface area contributed by atoms with Crippen molar-refractivity contribution in [2.24, 2.45) is 7.05 Å². The predicted octanol–water partition coefficient (Wildman–Crippen LogP) is 4.91. The zero-order valence-corrected chi connectivity index (χ0v) is 24.6. The fourth-order valence-electron chi connectivity index (χ4n) is 6.60. The Balaban J connectivity index is 1.26. The second-order valence-corrected chi connectivity index (χ2v) is 12.0. The molecule has 3 aliphatic rings. The molecule has 10 nitrogen and oxygen atoms in total. The van der Waals surface area contributed by atoms with E-state index in [0.29, 0.717) is 35.5 Å². The van der Waals surface area contributed by atoms with Gasteiger partial charge in [-0.05, 0) is 56.0 Å². The average molecular weight is 583 g/mol. The highest BCUT2D eigenvalue weighted by Crippen LogP contribution is 2.36. The molecule has 0 unspecified atom stereocenters. The number of carbonyl (C=O) groups excluding carboxylic acids is 1. The standard InChI is InChI=1S/C32H35FN8O2/c1-19-4-5-21(16-40(19)20(2)42)32-37-30(23-8-27(14-34-12-23)41-17-29-10-28(41)18-43-29)11-31(38-32)36-26-7-22(6-25(33)9-26)24-13-35-39(3)15-24/h6-9,11-15,19,21,28-29H,4-5,10,16-18H2,1-3H3,(H,36,37,38)/t19-,21+,28-,29-/m0/s1. The lowest BCUT2D eigenvalue weighted by molar-refractivity contribution is -0.132. The molecule has 1 amide bonds. The number of nitrogens with zero attached hydrogens (tertiary/aromatic N) is 7. The number of hydrogen-bond donors (Lipinski definition) is 1. The summed E-state index contributed by atoms with van der Waals surface area (Å²) < 4.78 is 22.3. The van der Waals surface area contributed by atoms with E-state index in [4.69, 9.17) is 14.7 Å². The van der Waals surface area contributed by atoms with E-state index >= 15 is 0 Å². The monoisotopic (exact) mass is 582 g/mol. The van der Waals surface area contributed by atoms with E-state index in [-0.39, 0.29) is 29.8 Å². The van der Waals surface area contributed by atoms with Crippen molar-refractivity contribution in [2.45, 2.75) is 57.2 Å². The first-order chi connectivity index (χ1) is 20.8. The summed E-state index contributed by atoms with van der Waals surface area (Å²) in [6, 6.07) is 9.37. The molecule has 2 bridgehead atoms. The van der Waals surface area contributed by atoms with Crippen molar-refractivity contribution in [1.29, 1.82) is 0 Å². The van der Waals surface area contributed by atoms with Crippen LogP contribution in [-0.4, -0.2) is 73.4 Å². The van der Waals surface area contributed by atoms with Crippen LogP contribution in [0.5, 0.6) is 0 Å². The Labute approximate surface area is 249 Å². The molecule has 3 fully saturated rings. The van der Waals surface area contributed by atoms with Crippen molar-refractivity contribution < 1.29 is 13.9 Å². The van der Waals surface area contributed by atoms with Crippen molar-refractivity contribution in [3.8, 4) is 22.4 Å². The predicted molar refractivity (Wildman–Crippen MR) is 161 cm³/mol. The minimum Gasteiger partial charge on any atom is -0.374 e. The lowest BCUT2D eigenvalue weighted by Crippen LogP contribution is -2.44. The summed E-state index contributed by atoms with van der Waals surface area (Å²) in [5, 5.41) is 7.57. The minimum atomic E-state index is -0.363. The smallest absolute Gasteiger partial charge is 0.219 e. The van der Waals surface area contributed by atoms with Crippen LogP contribution in [0.2, 0.25) is 0 Å². The molecule has 7 rings (SSSR count). The van der Waals surface area contributed by atoms with Crippen LogP contribution in [0, 0.1) is 5.82 Å². The number of carbonyl (C=O) groups is 1. The molecule has 0 aliphatic carbocycles. The maximum absolute atomic E-state index is 14.8. The molecule has 6 heterocycles.